The van der Waals surface area contributed by atoms with Gasteiger partial charge in [-0.15, -0.1) is 0 Å². The molecule has 2 aliphatic heterocycles. The lowest BCUT2D eigenvalue weighted by Crippen LogP contribution is -2.26. The average molecular weight is 533 g/mol. The van der Waals surface area contributed by atoms with Crippen molar-refractivity contribution < 1.29 is 42.1 Å². The highest BCUT2D eigenvalue weighted by Gasteiger charge is 2.30. The minimum absolute atomic E-state index is 0.00763. The van der Waals surface area contributed by atoms with Crippen LogP contribution < -0.4 is 19.5 Å². The van der Waals surface area contributed by atoms with Gasteiger partial charge in [0.15, 0.2) is 35.2 Å². The van der Waals surface area contributed by atoms with Crippen LogP contribution in [-0.2, 0) is 40.5 Å². The van der Waals surface area contributed by atoms with E-state index in [-0.39, 0.29) is 80.7 Å². The first-order chi connectivity index (χ1) is 18.4. The number of ether oxygens (including phenoxy) is 4. The van der Waals surface area contributed by atoms with Gasteiger partial charge in [-0.05, 0) is 30.2 Å². The Hall–Kier alpha value is -3.73. The minimum atomic E-state index is -0.704. The molecule has 0 spiro atoms. The molecule has 0 fully saturated rings. The van der Waals surface area contributed by atoms with Crippen molar-refractivity contribution in [2.45, 2.75) is 52.4 Å². The molecule has 0 atom stereocenters. The van der Waals surface area contributed by atoms with Gasteiger partial charge in [0.2, 0.25) is 5.91 Å². The number of nitrogens with zero attached hydrogens (tertiary/aromatic N) is 1. The van der Waals surface area contributed by atoms with Crippen LogP contribution in [0.1, 0.15) is 58.8 Å². The van der Waals surface area contributed by atoms with Crippen LogP contribution in [0.3, 0.4) is 0 Å². The fraction of sp³-hybridized carbons (Fsp3) is 0.444. The zero-order chi connectivity index (χ0) is 27.2. The van der Waals surface area contributed by atoms with Crippen molar-refractivity contribution in [2.24, 2.45) is 0 Å². The first-order valence-corrected chi connectivity index (χ1v) is 12.4. The largest absolute Gasteiger partial charge is 0.493 e. The number of halogens is 2. The van der Waals surface area contributed by atoms with Gasteiger partial charge in [0, 0.05) is 50.1 Å². The van der Waals surface area contributed by atoms with Crippen molar-refractivity contribution in [1.29, 1.82) is 0 Å². The number of carbonyl (C=O) groups excluding carboxylic acids is 3. The van der Waals surface area contributed by atoms with Gasteiger partial charge in [-0.3, -0.25) is 14.4 Å². The Morgan fingerprint density at radius 3 is 2.45 bits per heavy atom. The molecule has 4 rings (SSSR count). The molecule has 1 amide bonds. The molecule has 0 saturated heterocycles. The van der Waals surface area contributed by atoms with Crippen molar-refractivity contribution in [3.05, 3.63) is 51.6 Å². The van der Waals surface area contributed by atoms with Gasteiger partial charge in [0.05, 0.1) is 38.9 Å². The molecule has 9 nitrogen and oxygen atoms in total. The molecule has 0 saturated carbocycles. The number of nitrogens with one attached hydrogen (secondary N) is 1. The summed E-state index contributed by atoms with van der Waals surface area (Å²) in [7, 11) is 1.44. The number of methoxy groups -OCH3 is 1. The molecule has 0 bridgehead atoms. The number of fused-ring (bicyclic) bond motifs is 2. The maximum absolute atomic E-state index is 15.3. The Morgan fingerprint density at radius 2 is 1.74 bits per heavy atom. The molecule has 0 aliphatic carbocycles. The molecule has 0 radical (unpaired) electrons. The van der Waals surface area contributed by atoms with Gasteiger partial charge < -0.3 is 29.2 Å². The minimum Gasteiger partial charge on any atom is -0.493 e. The molecule has 2 aromatic rings. The Balaban J connectivity index is 1.35. The van der Waals surface area contributed by atoms with E-state index in [1.165, 1.54) is 18.1 Å². The number of hydrogen-bond acceptors (Lipinski definition) is 8. The van der Waals surface area contributed by atoms with Crippen LogP contribution in [0.2, 0.25) is 0 Å². The highest BCUT2D eigenvalue weighted by Crippen LogP contribution is 2.37. The van der Waals surface area contributed by atoms with Crippen molar-refractivity contribution in [3.63, 3.8) is 0 Å². The summed E-state index contributed by atoms with van der Waals surface area (Å²) >= 11 is 0. The molecular formula is C27H30F2N2O7. The SMILES string of the molecule is CCOC(=O)CCC(=O)N1Cc2cc(C=O)c(OCCCOc3c(OC)cc4c(c3F)CNC4)c(F)c2C1. The number of hydrogen-bond donors (Lipinski definition) is 1. The molecular weight excluding hydrogens is 502 g/mol. The van der Waals surface area contributed by atoms with Crippen molar-refractivity contribution in [3.8, 4) is 17.2 Å². The highest BCUT2D eigenvalue weighted by molar-refractivity contribution is 5.83. The fourth-order valence-electron chi connectivity index (χ4n) is 4.58. The van der Waals surface area contributed by atoms with Gasteiger partial charge >= 0.3 is 5.97 Å². The van der Waals surface area contributed by atoms with E-state index in [0.717, 1.165) is 5.56 Å². The Bertz CT molecular complexity index is 1230. The van der Waals surface area contributed by atoms with Crippen LogP contribution in [0.5, 0.6) is 17.2 Å². The Morgan fingerprint density at radius 1 is 1.00 bits per heavy atom. The second-order valence-corrected chi connectivity index (χ2v) is 8.93. The van der Waals surface area contributed by atoms with Crippen LogP contribution in [0.25, 0.3) is 0 Å². The van der Waals surface area contributed by atoms with Crippen LogP contribution in [0.15, 0.2) is 12.1 Å². The Kier molecular flexibility index (Phi) is 8.77. The predicted octanol–water partition coefficient (Wildman–Crippen LogP) is 3.42. The number of carbonyl (C=O) groups is 3. The summed E-state index contributed by atoms with van der Waals surface area (Å²) in [6.07, 6.45) is 0.672. The van der Waals surface area contributed by atoms with E-state index in [1.54, 1.807) is 13.0 Å². The number of benzene rings is 2. The van der Waals surface area contributed by atoms with Gasteiger partial charge in [-0.1, -0.05) is 0 Å². The second-order valence-electron chi connectivity index (χ2n) is 8.93. The Labute approximate surface area is 219 Å². The highest BCUT2D eigenvalue weighted by atomic mass is 19.1. The quantitative estimate of drug-likeness (QED) is 0.252. The number of aldehydes is 1. The summed E-state index contributed by atoms with van der Waals surface area (Å²) in [6.45, 7) is 3.10. The van der Waals surface area contributed by atoms with E-state index < -0.39 is 17.6 Å². The molecule has 2 aromatic carbocycles. The lowest BCUT2D eigenvalue weighted by molar-refractivity contribution is -0.145. The van der Waals surface area contributed by atoms with Gasteiger partial charge in [0.1, 0.15) is 0 Å². The van der Waals surface area contributed by atoms with Crippen LogP contribution >= 0.6 is 0 Å². The number of rotatable bonds is 12. The smallest absolute Gasteiger partial charge is 0.306 e. The van der Waals surface area contributed by atoms with Crippen LogP contribution in [-0.4, -0.2) is 50.0 Å². The van der Waals surface area contributed by atoms with Crippen LogP contribution in [0, 0.1) is 11.6 Å². The van der Waals surface area contributed by atoms with Crippen LogP contribution in [0.4, 0.5) is 8.78 Å². The topological polar surface area (TPSA) is 103 Å². The van der Waals surface area contributed by atoms with Gasteiger partial charge in [-0.25, -0.2) is 8.78 Å². The van der Waals surface area contributed by atoms with Crippen molar-refractivity contribution in [2.75, 3.05) is 26.9 Å². The lowest BCUT2D eigenvalue weighted by atomic mass is 10.0. The maximum Gasteiger partial charge on any atom is 0.306 e. The third-order valence-corrected chi connectivity index (χ3v) is 6.48. The zero-order valence-corrected chi connectivity index (χ0v) is 21.4. The second kappa shape index (κ2) is 12.2. The van der Waals surface area contributed by atoms with Crippen molar-refractivity contribution >= 4 is 18.2 Å². The van der Waals surface area contributed by atoms with E-state index in [1.807, 2.05) is 0 Å². The van der Waals surface area contributed by atoms with Crippen molar-refractivity contribution in [1.82, 2.24) is 10.2 Å². The monoisotopic (exact) mass is 532 g/mol. The standard InChI is InChI=1S/C27H30F2N2O7/c1-3-36-23(34)6-5-22(33)31-13-17-9-18(15-32)26(25(29)20(17)14-31)37-7-4-8-38-27-21(35-2)10-16-11-30-12-19(16)24(27)28/h9-10,15,30H,3-8,11-14H2,1-2H3. The number of esters is 1. The molecule has 204 valence electrons. The van der Waals surface area contributed by atoms with E-state index in [2.05, 4.69) is 5.32 Å². The first kappa shape index (κ1) is 27.3. The zero-order valence-electron chi connectivity index (χ0n) is 21.4. The van der Waals surface area contributed by atoms with Gasteiger partial charge in [-0.2, -0.15) is 0 Å². The van der Waals surface area contributed by atoms with E-state index in [4.69, 9.17) is 18.9 Å². The maximum atomic E-state index is 15.3. The lowest BCUT2D eigenvalue weighted by Gasteiger charge is -2.15. The fourth-order valence-corrected chi connectivity index (χ4v) is 4.58. The third kappa shape index (κ3) is 5.72. The number of amides is 1. The average Bonchev–Trinajstić information content (AvgIpc) is 3.56. The third-order valence-electron chi connectivity index (χ3n) is 6.48. The molecule has 0 aromatic heterocycles. The van der Waals surface area contributed by atoms with E-state index >= 15 is 4.39 Å². The van der Waals surface area contributed by atoms with E-state index in [9.17, 15) is 18.8 Å². The van der Waals surface area contributed by atoms with Gasteiger partial charge in [0.25, 0.3) is 0 Å². The summed E-state index contributed by atoms with van der Waals surface area (Å²) in [6, 6.07) is 3.25. The summed E-state index contributed by atoms with van der Waals surface area (Å²) in [5.41, 5.74) is 2.18. The summed E-state index contributed by atoms with van der Waals surface area (Å²) in [5.74, 6) is -1.86. The molecule has 11 heteroatoms. The molecule has 2 heterocycles. The normalized spacial score (nSPS) is 13.6. The van der Waals surface area contributed by atoms with E-state index in [0.29, 0.717) is 36.3 Å². The molecule has 1 N–H and O–H groups in total. The molecule has 0 unspecified atom stereocenters. The predicted molar refractivity (Wildman–Crippen MR) is 131 cm³/mol. The summed E-state index contributed by atoms with van der Waals surface area (Å²) in [4.78, 5) is 37.1. The summed E-state index contributed by atoms with van der Waals surface area (Å²) < 4.78 is 51.5. The summed E-state index contributed by atoms with van der Waals surface area (Å²) in [5, 5.41) is 3.08. The first-order valence-electron chi connectivity index (χ1n) is 12.4. The molecule has 2 aliphatic rings. The molecule has 38 heavy (non-hydrogen) atoms.